The topological polar surface area (TPSA) is 222 Å². The molecular formula is C21H23BrN4O10S4. The van der Waals surface area contributed by atoms with Crippen molar-refractivity contribution in [3.05, 3.63) is 93.3 Å². The van der Waals surface area contributed by atoms with E-state index in [9.17, 15) is 29.8 Å². The van der Waals surface area contributed by atoms with E-state index in [4.69, 9.17) is 10.1 Å². The van der Waals surface area contributed by atoms with Gasteiger partial charge in [0.15, 0.2) is 9.84 Å². The molecule has 2 rings (SSSR count). The molecule has 0 aliphatic carbocycles. The van der Waals surface area contributed by atoms with Crippen LogP contribution < -0.4 is 4.72 Å². The molecule has 2 unspecified atom stereocenters. The summed E-state index contributed by atoms with van der Waals surface area (Å²) in [6.45, 7) is 2.80. The third-order valence-electron chi connectivity index (χ3n) is 4.72. The van der Waals surface area contributed by atoms with E-state index in [0.717, 1.165) is 12.2 Å². The second-order valence-corrected chi connectivity index (χ2v) is 13.6. The Hall–Kier alpha value is -2.45. The van der Waals surface area contributed by atoms with E-state index in [1.54, 1.807) is 30.3 Å². The number of hydrogen-bond donors (Lipinski definition) is 3. The van der Waals surface area contributed by atoms with Crippen LogP contribution in [0.2, 0.25) is 0 Å². The van der Waals surface area contributed by atoms with Gasteiger partial charge in [-0.05, 0) is 46.8 Å². The SMILES string of the molecule is C=CCSNc1ccc(CS(=O)(=O)C(c2ccc(N=[N+]=[N-])cc2Br)C(C=CCOS(=O)(=O)O)OS(=O)(=O)O)cc1. The first-order valence-electron chi connectivity index (χ1n) is 10.7. The summed E-state index contributed by atoms with van der Waals surface area (Å²) in [6.07, 6.45) is 1.49. The maximum Gasteiger partial charge on any atom is 0.397 e. The van der Waals surface area contributed by atoms with Crippen LogP contribution in [-0.4, -0.2) is 52.8 Å². The average Bonchev–Trinajstić information content (AvgIpc) is 2.83. The van der Waals surface area contributed by atoms with Crippen molar-refractivity contribution in [2.24, 2.45) is 5.11 Å². The quantitative estimate of drug-likeness (QED) is 0.0407. The standard InChI is InChI=1S/C21H23BrN4O10S4/c1-2-12-37-25-16-7-5-15(6-8-16)14-38(27,28)21(18-10-9-17(24-26-23)13-19(18)22)20(36-40(32,33)34)4-3-11-35-39(29,30)31/h2-10,13,20-21,25H,1,11-12,14H2,(H,29,30,31)(H,32,33,34). The van der Waals surface area contributed by atoms with Crippen molar-refractivity contribution >= 4 is 69.9 Å². The van der Waals surface area contributed by atoms with Crippen LogP contribution in [0.25, 0.3) is 10.4 Å². The fraction of sp³-hybridized carbons (Fsp3) is 0.238. The lowest BCUT2D eigenvalue weighted by molar-refractivity contribution is 0.212. The molecule has 0 aliphatic heterocycles. The summed E-state index contributed by atoms with van der Waals surface area (Å²) in [5.41, 5.74) is 9.79. The van der Waals surface area contributed by atoms with E-state index < -0.39 is 54.3 Å². The van der Waals surface area contributed by atoms with Crippen molar-refractivity contribution in [1.82, 2.24) is 0 Å². The zero-order chi connectivity index (χ0) is 30.0. The van der Waals surface area contributed by atoms with E-state index in [2.05, 4.69) is 45.6 Å². The van der Waals surface area contributed by atoms with Gasteiger partial charge < -0.3 is 4.72 Å². The van der Waals surface area contributed by atoms with Gasteiger partial charge in [0.05, 0.1) is 12.4 Å². The molecule has 2 aromatic carbocycles. The number of azide groups is 1. The zero-order valence-corrected chi connectivity index (χ0v) is 25.1. The van der Waals surface area contributed by atoms with Crippen LogP contribution in [0.4, 0.5) is 11.4 Å². The second-order valence-electron chi connectivity index (χ2n) is 7.65. The highest BCUT2D eigenvalue weighted by Crippen LogP contribution is 2.38. The lowest BCUT2D eigenvalue weighted by atomic mass is 10.1. The fourth-order valence-corrected chi connectivity index (χ4v) is 7.28. The van der Waals surface area contributed by atoms with E-state index >= 15 is 0 Å². The van der Waals surface area contributed by atoms with E-state index in [0.29, 0.717) is 17.0 Å². The molecule has 2 aromatic rings. The normalized spacial score (nSPS) is 13.9. The number of rotatable bonds is 16. The molecule has 0 heterocycles. The molecule has 0 radical (unpaired) electrons. The van der Waals surface area contributed by atoms with Gasteiger partial charge in [0.2, 0.25) is 0 Å². The monoisotopic (exact) mass is 698 g/mol. The first-order chi connectivity index (χ1) is 18.6. The van der Waals surface area contributed by atoms with Crippen molar-refractivity contribution in [2.75, 3.05) is 17.1 Å². The lowest BCUT2D eigenvalue weighted by Gasteiger charge is -2.25. The van der Waals surface area contributed by atoms with Crippen molar-refractivity contribution in [3.8, 4) is 0 Å². The minimum atomic E-state index is -5.25. The molecule has 0 bridgehead atoms. The van der Waals surface area contributed by atoms with E-state index in [1.807, 2.05) is 0 Å². The number of benzene rings is 2. The van der Waals surface area contributed by atoms with Gasteiger partial charge in [-0.3, -0.25) is 9.11 Å². The van der Waals surface area contributed by atoms with Crippen LogP contribution in [-0.2, 0) is 44.8 Å². The second kappa shape index (κ2) is 15.0. The fourth-order valence-electron chi connectivity index (χ4n) is 3.25. The molecule has 0 aromatic heterocycles. The van der Waals surface area contributed by atoms with Crippen LogP contribution in [0.1, 0.15) is 16.4 Å². The van der Waals surface area contributed by atoms with Crippen LogP contribution in [0.5, 0.6) is 0 Å². The number of nitrogens with zero attached hydrogens (tertiary/aromatic N) is 3. The summed E-state index contributed by atoms with van der Waals surface area (Å²) in [5.74, 6) is 0.0199. The van der Waals surface area contributed by atoms with Crippen molar-refractivity contribution in [2.45, 2.75) is 17.1 Å². The third kappa shape index (κ3) is 11.6. The maximum absolute atomic E-state index is 13.8. The first kappa shape index (κ1) is 33.8. The Balaban J connectivity index is 2.57. The summed E-state index contributed by atoms with van der Waals surface area (Å²) in [5, 5.41) is 1.62. The Morgan fingerprint density at radius 3 is 2.33 bits per heavy atom. The Bertz CT molecular complexity index is 1590. The molecule has 2 atom stereocenters. The van der Waals surface area contributed by atoms with Gasteiger partial charge in [-0.15, -0.1) is 6.58 Å². The van der Waals surface area contributed by atoms with Gasteiger partial charge in [-0.25, -0.2) is 16.8 Å². The molecule has 0 amide bonds. The minimum absolute atomic E-state index is 0.0370. The van der Waals surface area contributed by atoms with Crippen LogP contribution in [0, 0.1) is 0 Å². The number of halogens is 1. The predicted octanol–water partition coefficient (Wildman–Crippen LogP) is 4.86. The minimum Gasteiger partial charge on any atom is -0.329 e. The molecule has 0 saturated heterocycles. The Labute approximate surface area is 244 Å². The van der Waals surface area contributed by atoms with Gasteiger partial charge in [-0.1, -0.05) is 63.5 Å². The smallest absolute Gasteiger partial charge is 0.329 e. The molecule has 3 N–H and O–H groups in total. The average molecular weight is 700 g/mol. The summed E-state index contributed by atoms with van der Waals surface area (Å²) in [4.78, 5) is 2.65. The van der Waals surface area contributed by atoms with Gasteiger partial charge in [0, 0.05) is 26.5 Å². The number of sulfone groups is 1. The van der Waals surface area contributed by atoms with Gasteiger partial charge >= 0.3 is 20.8 Å². The largest absolute Gasteiger partial charge is 0.397 e. The number of nitrogens with one attached hydrogen (secondary N) is 1. The molecule has 0 spiro atoms. The molecule has 0 saturated carbocycles. The van der Waals surface area contributed by atoms with E-state index in [1.165, 1.54) is 30.1 Å². The number of hydrogen-bond acceptors (Lipinski definition) is 11. The van der Waals surface area contributed by atoms with Crippen molar-refractivity contribution < 1.29 is 42.7 Å². The van der Waals surface area contributed by atoms with Gasteiger partial charge in [-0.2, -0.15) is 16.8 Å². The molecule has 14 nitrogen and oxygen atoms in total. The zero-order valence-electron chi connectivity index (χ0n) is 20.3. The van der Waals surface area contributed by atoms with Gasteiger partial charge in [0.25, 0.3) is 0 Å². The predicted molar refractivity (Wildman–Crippen MR) is 154 cm³/mol. The summed E-state index contributed by atoms with van der Waals surface area (Å²) < 4.78 is 103. The highest BCUT2D eigenvalue weighted by molar-refractivity contribution is 9.10. The van der Waals surface area contributed by atoms with Gasteiger partial charge in [0.1, 0.15) is 11.4 Å². The molecule has 40 heavy (non-hydrogen) atoms. The van der Waals surface area contributed by atoms with Crippen LogP contribution >= 0.6 is 27.9 Å². The Morgan fingerprint density at radius 1 is 1.10 bits per heavy atom. The lowest BCUT2D eigenvalue weighted by Crippen LogP contribution is -2.31. The number of anilines is 1. The summed E-state index contributed by atoms with van der Waals surface area (Å²) in [7, 11) is -14.5. The molecular weight excluding hydrogens is 676 g/mol. The molecule has 0 aliphatic rings. The third-order valence-corrected chi connectivity index (χ3v) is 9.12. The highest BCUT2D eigenvalue weighted by Gasteiger charge is 2.38. The highest BCUT2D eigenvalue weighted by atomic mass is 79.9. The molecule has 19 heteroatoms. The Kier molecular flexibility index (Phi) is 12.6. The van der Waals surface area contributed by atoms with Crippen molar-refractivity contribution in [3.63, 3.8) is 0 Å². The molecule has 0 fully saturated rings. The van der Waals surface area contributed by atoms with Crippen LogP contribution in [0.15, 0.2) is 76.9 Å². The first-order valence-corrected chi connectivity index (χ1v) is 17.0. The summed E-state index contributed by atoms with van der Waals surface area (Å²) in [6, 6.07) is 10.2. The van der Waals surface area contributed by atoms with Crippen LogP contribution in [0.3, 0.4) is 0 Å². The Morgan fingerprint density at radius 2 is 1.77 bits per heavy atom. The molecule has 218 valence electrons. The maximum atomic E-state index is 13.8. The van der Waals surface area contributed by atoms with Crippen molar-refractivity contribution in [1.29, 1.82) is 0 Å². The summed E-state index contributed by atoms with van der Waals surface area (Å²) >= 11 is 4.56. The van der Waals surface area contributed by atoms with E-state index in [-0.39, 0.29) is 15.7 Å².